The van der Waals surface area contributed by atoms with Gasteiger partial charge in [0.25, 0.3) is 0 Å². The van der Waals surface area contributed by atoms with Gasteiger partial charge in [0.15, 0.2) is 0 Å². The molecule has 3 unspecified atom stereocenters. The summed E-state index contributed by atoms with van der Waals surface area (Å²) < 4.78 is 13.2. The Morgan fingerprint density at radius 1 is 1.50 bits per heavy atom. The van der Waals surface area contributed by atoms with Crippen LogP contribution in [0.25, 0.3) is 0 Å². The van der Waals surface area contributed by atoms with Gasteiger partial charge in [-0.05, 0) is 25.0 Å². The van der Waals surface area contributed by atoms with Crippen LogP contribution in [0.3, 0.4) is 0 Å². The van der Waals surface area contributed by atoms with Gasteiger partial charge in [-0.25, -0.2) is 0 Å². The highest BCUT2D eigenvalue weighted by atomic mass is 19.1. The lowest BCUT2D eigenvalue weighted by Gasteiger charge is -2.25. The van der Waals surface area contributed by atoms with Crippen molar-refractivity contribution in [3.63, 3.8) is 0 Å². The number of halogens is 1. The molecule has 1 rings (SSSR count). The lowest BCUT2D eigenvalue weighted by atomic mass is 10.0. The number of aliphatic hydroxyl groups is 2. The molecule has 0 aliphatic heterocycles. The summed E-state index contributed by atoms with van der Waals surface area (Å²) in [6.45, 7) is 3.50. The maximum absolute atomic E-state index is 13.2. The summed E-state index contributed by atoms with van der Waals surface area (Å²) in [5, 5.41) is 32.9. The minimum absolute atomic E-state index is 0.0723. The number of nitro benzene ring substituents is 1. The van der Waals surface area contributed by atoms with Gasteiger partial charge in [-0.1, -0.05) is 13.0 Å². The molecule has 0 fully saturated rings. The van der Waals surface area contributed by atoms with Crippen molar-refractivity contribution in [1.82, 2.24) is 5.32 Å². The van der Waals surface area contributed by atoms with Crippen LogP contribution < -0.4 is 5.32 Å². The van der Waals surface area contributed by atoms with Crippen LogP contribution >= 0.6 is 0 Å². The van der Waals surface area contributed by atoms with E-state index in [0.717, 1.165) is 12.1 Å². The second-order valence-corrected chi connectivity index (χ2v) is 4.66. The molecule has 0 aromatic heterocycles. The molecule has 0 saturated carbocycles. The highest BCUT2D eigenvalue weighted by Crippen LogP contribution is 2.24. The molecule has 3 atom stereocenters. The van der Waals surface area contributed by atoms with Gasteiger partial charge < -0.3 is 15.5 Å². The van der Waals surface area contributed by atoms with Gasteiger partial charge in [-0.15, -0.1) is 0 Å². The average Bonchev–Trinajstić information content (AvgIpc) is 2.43. The largest absolute Gasteiger partial charge is 0.395 e. The molecule has 3 N–H and O–H groups in total. The minimum Gasteiger partial charge on any atom is -0.395 e. The van der Waals surface area contributed by atoms with Crippen LogP contribution in [0.15, 0.2) is 18.2 Å². The van der Waals surface area contributed by atoms with E-state index >= 15 is 0 Å². The standard InChI is InChI=1S/C13H19FN2O4/c1-3-10(7-17)15-8(2)13(18)9-4-5-11(14)12(6-9)16(19)20/h4-6,8,10,13,15,17-18H,3,7H2,1-2H3. The fourth-order valence-corrected chi connectivity index (χ4v) is 1.90. The molecule has 0 amide bonds. The Morgan fingerprint density at radius 3 is 2.65 bits per heavy atom. The van der Waals surface area contributed by atoms with Crippen LogP contribution in [0, 0.1) is 15.9 Å². The Kier molecular flexibility index (Phi) is 6.00. The monoisotopic (exact) mass is 286 g/mol. The molecule has 0 spiro atoms. The second kappa shape index (κ2) is 7.28. The minimum atomic E-state index is -1.03. The van der Waals surface area contributed by atoms with Gasteiger partial charge in [0, 0.05) is 18.2 Å². The molecular formula is C13H19FN2O4. The van der Waals surface area contributed by atoms with Gasteiger partial charge in [-0.3, -0.25) is 10.1 Å². The van der Waals surface area contributed by atoms with E-state index in [1.807, 2.05) is 6.92 Å². The molecule has 7 heteroatoms. The van der Waals surface area contributed by atoms with Crippen LogP contribution in [0.2, 0.25) is 0 Å². The van der Waals surface area contributed by atoms with E-state index in [4.69, 9.17) is 5.11 Å². The first kappa shape index (κ1) is 16.5. The lowest BCUT2D eigenvalue weighted by Crippen LogP contribution is -2.41. The van der Waals surface area contributed by atoms with Crippen LogP contribution in [-0.4, -0.2) is 33.8 Å². The smallest absolute Gasteiger partial charge is 0.305 e. The number of hydrogen-bond donors (Lipinski definition) is 3. The number of aliphatic hydroxyl groups excluding tert-OH is 2. The molecule has 6 nitrogen and oxygen atoms in total. The number of benzene rings is 1. The quantitative estimate of drug-likeness (QED) is 0.521. The Bertz CT molecular complexity index is 466. The van der Waals surface area contributed by atoms with Crippen molar-refractivity contribution in [2.75, 3.05) is 6.61 Å². The van der Waals surface area contributed by atoms with Crippen molar-refractivity contribution in [1.29, 1.82) is 0 Å². The average molecular weight is 286 g/mol. The number of nitrogens with zero attached hydrogens (tertiary/aromatic N) is 1. The first-order chi connectivity index (χ1) is 9.40. The highest BCUT2D eigenvalue weighted by molar-refractivity contribution is 5.37. The third kappa shape index (κ3) is 3.96. The topological polar surface area (TPSA) is 95.6 Å². The van der Waals surface area contributed by atoms with Crippen LogP contribution in [-0.2, 0) is 0 Å². The predicted molar refractivity (Wildman–Crippen MR) is 71.8 cm³/mol. The summed E-state index contributed by atoms with van der Waals surface area (Å²) in [5.41, 5.74) is -0.408. The van der Waals surface area contributed by atoms with E-state index in [1.165, 1.54) is 6.07 Å². The van der Waals surface area contributed by atoms with Crippen LogP contribution in [0.4, 0.5) is 10.1 Å². The first-order valence-electron chi connectivity index (χ1n) is 6.39. The maximum atomic E-state index is 13.2. The van der Waals surface area contributed by atoms with E-state index in [0.29, 0.717) is 6.42 Å². The summed E-state index contributed by atoms with van der Waals surface area (Å²) in [7, 11) is 0. The van der Waals surface area contributed by atoms with Crippen LogP contribution in [0.1, 0.15) is 31.9 Å². The summed E-state index contributed by atoms with van der Waals surface area (Å²) in [6, 6.07) is 2.70. The van der Waals surface area contributed by atoms with Crippen molar-refractivity contribution in [3.8, 4) is 0 Å². The number of hydrogen-bond acceptors (Lipinski definition) is 5. The fourth-order valence-electron chi connectivity index (χ4n) is 1.90. The van der Waals surface area contributed by atoms with E-state index in [2.05, 4.69) is 5.32 Å². The van der Waals surface area contributed by atoms with E-state index in [-0.39, 0.29) is 18.2 Å². The van der Waals surface area contributed by atoms with E-state index in [1.54, 1.807) is 6.92 Å². The van der Waals surface area contributed by atoms with E-state index in [9.17, 15) is 19.6 Å². The number of nitro groups is 1. The molecule has 0 bridgehead atoms. The van der Waals surface area contributed by atoms with Gasteiger partial charge >= 0.3 is 5.69 Å². The van der Waals surface area contributed by atoms with Crippen molar-refractivity contribution in [2.24, 2.45) is 0 Å². The van der Waals surface area contributed by atoms with Crippen molar-refractivity contribution in [3.05, 3.63) is 39.7 Å². The zero-order valence-corrected chi connectivity index (χ0v) is 11.4. The molecule has 20 heavy (non-hydrogen) atoms. The Balaban J connectivity index is 2.88. The molecule has 0 saturated heterocycles. The predicted octanol–water partition coefficient (Wildman–Crippen LogP) is 1.52. The first-order valence-corrected chi connectivity index (χ1v) is 6.39. The highest BCUT2D eigenvalue weighted by Gasteiger charge is 2.22. The van der Waals surface area contributed by atoms with E-state index < -0.39 is 28.6 Å². The SMILES string of the molecule is CCC(CO)NC(C)C(O)c1ccc(F)c([N+](=O)[O-])c1. The van der Waals surface area contributed by atoms with Crippen molar-refractivity contribution >= 4 is 5.69 Å². The van der Waals surface area contributed by atoms with Crippen molar-refractivity contribution < 1.29 is 19.5 Å². The molecular weight excluding hydrogens is 267 g/mol. The zero-order chi connectivity index (χ0) is 15.3. The van der Waals surface area contributed by atoms with Crippen LogP contribution in [0.5, 0.6) is 0 Å². The molecule has 0 radical (unpaired) electrons. The molecule has 1 aromatic rings. The second-order valence-electron chi connectivity index (χ2n) is 4.66. The number of nitrogens with one attached hydrogen (secondary N) is 1. The Hall–Kier alpha value is -1.57. The normalized spacial score (nSPS) is 15.7. The Morgan fingerprint density at radius 2 is 2.15 bits per heavy atom. The number of rotatable bonds is 7. The summed E-state index contributed by atoms with van der Waals surface area (Å²) in [5.74, 6) is -0.937. The molecule has 112 valence electrons. The third-order valence-corrected chi connectivity index (χ3v) is 3.19. The molecule has 0 aliphatic carbocycles. The summed E-state index contributed by atoms with van der Waals surface area (Å²) >= 11 is 0. The van der Waals surface area contributed by atoms with Gasteiger partial charge in [-0.2, -0.15) is 4.39 Å². The van der Waals surface area contributed by atoms with Gasteiger partial charge in [0.05, 0.1) is 17.6 Å². The third-order valence-electron chi connectivity index (χ3n) is 3.19. The van der Waals surface area contributed by atoms with Crippen molar-refractivity contribution in [2.45, 2.75) is 38.5 Å². The lowest BCUT2D eigenvalue weighted by molar-refractivity contribution is -0.387. The Labute approximate surface area is 116 Å². The molecule has 1 aromatic carbocycles. The summed E-state index contributed by atoms with van der Waals surface area (Å²) in [6.07, 6.45) is -0.355. The zero-order valence-electron chi connectivity index (χ0n) is 11.4. The van der Waals surface area contributed by atoms with Gasteiger partial charge in [0.1, 0.15) is 0 Å². The summed E-state index contributed by atoms with van der Waals surface area (Å²) in [4.78, 5) is 9.84. The molecule has 0 heterocycles. The maximum Gasteiger partial charge on any atom is 0.305 e. The van der Waals surface area contributed by atoms with Gasteiger partial charge in [0.2, 0.25) is 5.82 Å². The molecule has 0 aliphatic rings. The fraction of sp³-hybridized carbons (Fsp3) is 0.538.